The number of rotatable bonds is 6. The molecule has 6 heteroatoms. The van der Waals surface area contributed by atoms with Gasteiger partial charge in [-0.3, -0.25) is 4.79 Å². The molecule has 0 saturated carbocycles. The Morgan fingerprint density at radius 1 is 0.931 bits per heavy atom. The Labute approximate surface area is 170 Å². The summed E-state index contributed by atoms with van der Waals surface area (Å²) in [6.45, 7) is 1.99. The summed E-state index contributed by atoms with van der Waals surface area (Å²) < 4.78 is 40.3. The molecule has 0 bridgehead atoms. The summed E-state index contributed by atoms with van der Waals surface area (Å²) in [4.78, 5) is 13.0. The van der Waals surface area contributed by atoms with Gasteiger partial charge >= 0.3 is 0 Å². The molecule has 0 saturated heterocycles. The maximum atomic E-state index is 13.2. The Morgan fingerprint density at radius 2 is 1.55 bits per heavy atom. The second-order valence-corrected chi connectivity index (χ2v) is 8.11. The minimum atomic E-state index is -4.11. The number of aryl methyl sites for hydroxylation is 1. The van der Waals surface area contributed by atoms with Crippen LogP contribution in [0.3, 0.4) is 0 Å². The minimum absolute atomic E-state index is 0.0168. The number of carbonyl (C=O) groups is 1. The first-order chi connectivity index (χ1) is 13.9. The van der Waals surface area contributed by atoms with Crippen LogP contribution in [0.4, 0.5) is 10.1 Å². The van der Waals surface area contributed by atoms with E-state index in [1.807, 2.05) is 6.92 Å². The lowest BCUT2D eigenvalue weighted by Crippen LogP contribution is -2.35. The number of hydrogen-bond donors (Lipinski definition) is 0. The van der Waals surface area contributed by atoms with Crippen LogP contribution in [0.2, 0.25) is 0 Å². The molecule has 0 radical (unpaired) electrons. The molecular formula is C23H20FNO3S. The predicted octanol–water partition coefficient (Wildman–Crippen LogP) is 4.82. The van der Waals surface area contributed by atoms with E-state index in [0.717, 1.165) is 16.3 Å². The third-order valence-corrected chi connectivity index (χ3v) is 6.09. The molecule has 0 aliphatic heterocycles. The molecule has 0 aromatic heterocycles. The standard InChI is InChI=1S/C23H20FNO3S/c1-2-18-10-15-21(16-11-18)25(29(27,28)22-6-4-3-5-7-22)23(26)17-12-19-8-13-20(24)14-9-19/h3-17H,2H2,1H3/b17-12+. The highest BCUT2D eigenvalue weighted by Crippen LogP contribution is 2.25. The largest absolute Gasteiger partial charge is 0.271 e. The third-order valence-electron chi connectivity index (χ3n) is 4.35. The van der Waals surface area contributed by atoms with E-state index < -0.39 is 21.7 Å². The summed E-state index contributed by atoms with van der Waals surface area (Å²) >= 11 is 0. The zero-order chi connectivity index (χ0) is 20.9. The van der Waals surface area contributed by atoms with Crippen LogP contribution in [0.15, 0.2) is 89.8 Å². The van der Waals surface area contributed by atoms with Crippen LogP contribution in [0.25, 0.3) is 6.08 Å². The molecule has 0 unspecified atom stereocenters. The molecule has 0 fully saturated rings. The Hall–Kier alpha value is -3.25. The van der Waals surface area contributed by atoms with Crippen LogP contribution in [-0.2, 0) is 21.2 Å². The van der Waals surface area contributed by atoms with Crippen molar-refractivity contribution in [2.45, 2.75) is 18.2 Å². The number of benzene rings is 3. The summed E-state index contributed by atoms with van der Waals surface area (Å²) in [5, 5.41) is 0. The maximum Gasteiger partial charge on any atom is 0.271 e. The van der Waals surface area contributed by atoms with E-state index in [2.05, 4.69) is 0 Å². The number of nitrogens with zero attached hydrogens (tertiary/aromatic N) is 1. The molecule has 0 aliphatic carbocycles. The summed E-state index contributed by atoms with van der Waals surface area (Å²) in [6, 6.07) is 20.2. The Bertz CT molecular complexity index is 1110. The maximum absolute atomic E-state index is 13.2. The first-order valence-electron chi connectivity index (χ1n) is 9.09. The molecule has 3 aromatic carbocycles. The lowest BCUT2D eigenvalue weighted by Gasteiger charge is -2.21. The summed E-state index contributed by atoms with van der Waals surface area (Å²) in [6.07, 6.45) is 3.42. The van der Waals surface area contributed by atoms with Gasteiger partial charge in [0, 0.05) is 6.08 Å². The van der Waals surface area contributed by atoms with Crippen molar-refractivity contribution in [3.63, 3.8) is 0 Å². The molecule has 1 amide bonds. The van der Waals surface area contributed by atoms with Gasteiger partial charge < -0.3 is 0 Å². The van der Waals surface area contributed by atoms with Crippen molar-refractivity contribution in [3.8, 4) is 0 Å². The van der Waals surface area contributed by atoms with Crippen molar-refractivity contribution in [2.75, 3.05) is 4.31 Å². The lowest BCUT2D eigenvalue weighted by atomic mass is 10.1. The second-order valence-electron chi connectivity index (χ2n) is 6.33. The number of carbonyl (C=O) groups excluding carboxylic acids is 1. The molecule has 0 spiro atoms. The summed E-state index contributed by atoms with van der Waals surface area (Å²) in [7, 11) is -4.11. The quantitative estimate of drug-likeness (QED) is 0.548. The van der Waals surface area contributed by atoms with Gasteiger partial charge in [-0.15, -0.1) is 0 Å². The minimum Gasteiger partial charge on any atom is -0.268 e. The first-order valence-corrected chi connectivity index (χ1v) is 10.5. The van der Waals surface area contributed by atoms with E-state index in [1.165, 1.54) is 48.6 Å². The fourth-order valence-electron chi connectivity index (χ4n) is 2.76. The topological polar surface area (TPSA) is 54.5 Å². The van der Waals surface area contributed by atoms with Gasteiger partial charge in [0.25, 0.3) is 15.9 Å². The fourth-order valence-corrected chi connectivity index (χ4v) is 4.17. The van der Waals surface area contributed by atoms with Crippen LogP contribution in [0.5, 0.6) is 0 Å². The zero-order valence-corrected chi connectivity index (χ0v) is 16.6. The van der Waals surface area contributed by atoms with Crippen LogP contribution in [-0.4, -0.2) is 14.3 Å². The number of anilines is 1. The van der Waals surface area contributed by atoms with Crippen LogP contribution >= 0.6 is 0 Å². The number of hydrogen-bond acceptors (Lipinski definition) is 3. The van der Waals surface area contributed by atoms with Crippen molar-refractivity contribution in [2.24, 2.45) is 0 Å². The predicted molar refractivity (Wildman–Crippen MR) is 112 cm³/mol. The molecule has 0 atom stereocenters. The van der Waals surface area contributed by atoms with Crippen molar-refractivity contribution < 1.29 is 17.6 Å². The molecule has 0 heterocycles. The highest BCUT2D eigenvalue weighted by Gasteiger charge is 2.29. The van der Waals surface area contributed by atoms with Gasteiger partial charge in [-0.2, -0.15) is 4.31 Å². The average Bonchev–Trinajstić information content (AvgIpc) is 2.74. The smallest absolute Gasteiger partial charge is 0.268 e. The van der Waals surface area contributed by atoms with Gasteiger partial charge in [0.05, 0.1) is 10.6 Å². The van der Waals surface area contributed by atoms with E-state index in [1.54, 1.807) is 42.5 Å². The summed E-state index contributed by atoms with van der Waals surface area (Å²) in [5.74, 6) is -1.11. The van der Waals surface area contributed by atoms with Crippen molar-refractivity contribution in [1.29, 1.82) is 0 Å². The van der Waals surface area contributed by atoms with E-state index in [4.69, 9.17) is 0 Å². The van der Waals surface area contributed by atoms with E-state index >= 15 is 0 Å². The van der Waals surface area contributed by atoms with Crippen LogP contribution in [0, 0.1) is 5.82 Å². The SMILES string of the molecule is CCc1ccc(N(C(=O)/C=C/c2ccc(F)cc2)S(=O)(=O)c2ccccc2)cc1. The van der Waals surface area contributed by atoms with E-state index in [-0.39, 0.29) is 10.6 Å². The molecule has 4 nitrogen and oxygen atoms in total. The van der Waals surface area contributed by atoms with Gasteiger partial charge in [-0.25, -0.2) is 12.8 Å². The van der Waals surface area contributed by atoms with Gasteiger partial charge in [0.2, 0.25) is 0 Å². The fraction of sp³-hybridized carbons (Fsp3) is 0.0870. The van der Waals surface area contributed by atoms with Gasteiger partial charge in [-0.1, -0.05) is 49.4 Å². The normalized spacial score (nSPS) is 11.5. The van der Waals surface area contributed by atoms with Crippen molar-refractivity contribution in [1.82, 2.24) is 0 Å². The molecule has 3 rings (SSSR count). The van der Waals surface area contributed by atoms with Gasteiger partial charge in [-0.05, 0) is 60.0 Å². The van der Waals surface area contributed by atoms with Crippen LogP contribution in [0.1, 0.15) is 18.1 Å². The van der Waals surface area contributed by atoms with E-state index in [0.29, 0.717) is 5.56 Å². The van der Waals surface area contributed by atoms with E-state index in [9.17, 15) is 17.6 Å². The average molecular weight is 409 g/mol. The molecule has 29 heavy (non-hydrogen) atoms. The van der Waals surface area contributed by atoms with Crippen LogP contribution < -0.4 is 4.31 Å². The Balaban J connectivity index is 2.02. The Morgan fingerprint density at radius 3 is 2.14 bits per heavy atom. The zero-order valence-electron chi connectivity index (χ0n) is 15.8. The number of sulfonamides is 1. The van der Waals surface area contributed by atoms with Crippen molar-refractivity contribution >= 4 is 27.7 Å². The molecule has 3 aromatic rings. The molecule has 0 aliphatic rings. The number of amides is 1. The molecule has 148 valence electrons. The molecular weight excluding hydrogens is 389 g/mol. The summed E-state index contributed by atoms with van der Waals surface area (Å²) in [5.41, 5.74) is 1.86. The second kappa shape index (κ2) is 8.84. The number of halogens is 1. The van der Waals surface area contributed by atoms with Crippen molar-refractivity contribution in [3.05, 3.63) is 102 Å². The lowest BCUT2D eigenvalue weighted by molar-refractivity contribution is -0.113. The molecule has 0 N–H and O–H groups in total. The highest BCUT2D eigenvalue weighted by molar-refractivity contribution is 7.93. The van der Waals surface area contributed by atoms with Gasteiger partial charge in [0.1, 0.15) is 5.82 Å². The van der Waals surface area contributed by atoms with Gasteiger partial charge in [0.15, 0.2) is 0 Å². The third kappa shape index (κ3) is 4.78. The monoisotopic (exact) mass is 409 g/mol. The Kier molecular flexibility index (Phi) is 6.24. The first kappa shape index (κ1) is 20.5. The highest BCUT2D eigenvalue weighted by atomic mass is 32.2.